The molecular formula is C10H16N4O. The van der Waals surface area contributed by atoms with Crippen LogP contribution in [0.15, 0.2) is 21.7 Å². The molecular weight excluding hydrogens is 192 g/mol. The Bertz CT molecular complexity index is 341. The van der Waals surface area contributed by atoms with Crippen LogP contribution in [0.1, 0.15) is 17.9 Å². The van der Waals surface area contributed by atoms with Gasteiger partial charge in [0.2, 0.25) is 0 Å². The van der Waals surface area contributed by atoms with Gasteiger partial charge in [-0.1, -0.05) is 5.11 Å². The van der Waals surface area contributed by atoms with Gasteiger partial charge < -0.3 is 4.42 Å². The first-order valence-electron chi connectivity index (χ1n) is 4.97. The lowest BCUT2D eigenvalue weighted by Crippen LogP contribution is -2.19. The van der Waals surface area contributed by atoms with Crippen molar-refractivity contribution in [3.8, 4) is 0 Å². The Morgan fingerprint density at radius 1 is 1.53 bits per heavy atom. The van der Waals surface area contributed by atoms with Gasteiger partial charge in [-0.2, -0.15) is 0 Å². The van der Waals surface area contributed by atoms with E-state index in [0.717, 1.165) is 31.0 Å². The summed E-state index contributed by atoms with van der Waals surface area (Å²) in [6, 6.07) is 3.95. The highest BCUT2D eigenvalue weighted by Gasteiger charge is 2.02. The average Bonchev–Trinajstić information content (AvgIpc) is 2.59. The molecule has 0 saturated carbocycles. The second-order valence-electron chi connectivity index (χ2n) is 3.56. The first-order chi connectivity index (χ1) is 7.22. The maximum atomic E-state index is 8.10. The molecule has 82 valence electrons. The molecule has 0 N–H and O–H groups in total. The number of hydrogen-bond donors (Lipinski definition) is 0. The molecule has 0 unspecified atom stereocenters. The Morgan fingerprint density at radius 3 is 2.93 bits per heavy atom. The van der Waals surface area contributed by atoms with Crippen molar-refractivity contribution in [3.05, 3.63) is 34.1 Å². The topological polar surface area (TPSA) is 65.1 Å². The minimum Gasteiger partial charge on any atom is -0.465 e. The molecule has 0 spiro atoms. The largest absolute Gasteiger partial charge is 0.465 e. The van der Waals surface area contributed by atoms with Gasteiger partial charge in [0.1, 0.15) is 11.5 Å². The molecule has 0 saturated heterocycles. The van der Waals surface area contributed by atoms with Crippen LogP contribution in [-0.2, 0) is 6.54 Å². The van der Waals surface area contributed by atoms with Crippen molar-refractivity contribution in [2.45, 2.75) is 19.9 Å². The van der Waals surface area contributed by atoms with Crippen molar-refractivity contribution < 1.29 is 4.42 Å². The third-order valence-electron chi connectivity index (χ3n) is 2.08. The van der Waals surface area contributed by atoms with E-state index in [0.29, 0.717) is 6.54 Å². The van der Waals surface area contributed by atoms with Gasteiger partial charge in [0, 0.05) is 11.5 Å². The molecule has 15 heavy (non-hydrogen) atoms. The van der Waals surface area contributed by atoms with Crippen LogP contribution in [0.3, 0.4) is 0 Å². The Hall–Kier alpha value is -1.45. The Morgan fingerprint density at radius 2 is 2.33 bits per heavy atom. The summed E-state index contributed by atoms with van der Waals surface area (Å²) in [6.45, 7) is 4.19. The molecule has 0 amide bonds. The lowest BCUT2D eigenvalue weighted by Gasteiger charge is -2.13. The van der Waals surface area contributed by atoms with Crippen LogP contribution in [0.2, 0.25) is 0 Å². The van der Waals surface area contributed by atoms with Crippen LogP contribution in [0.4, 0.5) is 0 Å². The van der Waals surface area contributed by atoms with E-state index in [1.54, 1.807) is 0 Å². The zero-order chi connectivity index (χ0) is 11.1. The van der Waals surface area contributed by atoms with E-state index in [-0.39, 0.29) is 0 Å². The molecule has 0 aliphatic rings. The molecule has 0 atom stereocenters. The standard InChI is InChI=1S/C10H16N4O/c1-9-4-5-10(15-9)8-14(2)7-3-6-12-13-11/h4-5H,3,6-8H2,1-2H3. The fourth-order valence-corrected chi connectivity index (χ4v) is 1.37. The number of rotatable bonds is 6. The fraction of sp³-hybridized carbons (Fsp3) is 0.600. The summed E-state index contributed by atoms with van der Waals surface area (Å²) in [5.74, 6) is 1.91. The number of aryl methyl sites for hydroxylation is 1. The first-order valence-corrected chi connectivity index (χ1v) is 4.97. The first kappa shape index (κ1) is 11.6. The third kappa shape index (κ3) is 4.54. The molecule has 0 aromatic carbocycles. The number of nitrogens with zero attached hydrogens (tertiary/aromatic N) is 4. The van der Waals surface area contributed by atoms with Crippen molar-refractivity contribution in [1.29, 1.82) is 0 Å². The predicted octanol–water partition coefficient (Wildman–Crippen LogP) is 2.72. The van der Waals surface area contributed by atoms with E-state index in [1.165, 1.54) is 0 Å². The van der Waals surface area contributed by atoms with Crippen LogP contribution in [0.25, 0.3) is 10.4 Å². The van der Waals surface area contributed by atoms with Gasteiger partial charge in [-0.3, -0.25) is 4.90 Å². The van der Waals surface area contributed by atoms with Crippen LogP contribution in [0.5, 0.6) is 0 Å². The number of azide groups is 1. The minimum absolute atomic E-state index is 0.554. The molecule has 5 nitrogen and oxygen atoms in total. The SMILES string of the molecule is Cc1ccc(CN(C)CCCN=[N+]=[N-])o1. The van der Waals surface area contributed by atoms with E-state index >= 15 is 0 Å². The van der Waals surface area contributed by atoms with Crippen molar-refractivity contribution in [2.75, 3.05) is 20.1 Å². The normalized spacial score (nSPS) is 10.3. The number of furan rings is 1. The van der Waals surface area contributed by atoms with E-state index < -0.39 is 0 Å². The zero-order valence-electron chi connectivity index (χ0n) is 9.18. The highest BCUT2D eigenvalue weighted by atomic mass is 16.3. The van der Waals surface area contributed by atoms with Gasteiger partial charge in [-0.05, 0) is 44.6 Å². The summed E-state index contributed by atoms with van der Waals surface area (Å²) in [5, 5.41) is 3.49. The molecule has 0 fully saturated rings. The van der Waals surface area contributed by atoms with Crippen molar-refractivity contribution in [2.24, 2.45) is 5.11 Å². The maximum Gasteiger partial charge on any atom is 0.118 e. The Labute approximate surface area is 89.3 Å². The summed E-state index contributed by atoms with van der Waals surface area (Å²) in [6.07, 6.45) is 0.875. The van der Waals surface area contributed by atoms with Gasteiger partial charge in [0.25, 0.3) is 0 Å². The molecule has 0 radical (unpaired) electrons. The average molecular weight is 208 g/mol. The van der Waals surface area contributed by atoms with Crippen molar-refractivity contribution in [3.63, 3.8) is 0 Å². The Kier molecular flexibility index (Phi) is 4.74. The summed E-state index contributed by atoms with van der Waals surface area (Å²) < 4.78 is 5.46. The smallest absolute Gasteiger partial charge is 0.118 e. The van der Waals surface area contributed by atoms with Crippen LogP contribution in [0, 0.1) is 6.92 Å². The molecule has 0 bridgehead atoms. The van der Waals surface area contributed by atoms with E-state index in [4.69, 9.17) is 9.95 Å². The quantitative estimate of drug-likeness (QED) is 0.312. The summed E-state index contributed by atoms with van der Waals surface area (Å²) >= 11 is 0. The predicted molar refractivity (Wildman–Crippen MR) is 58.4 cm³/mol. The monoisotopic (exact) mass is 208 g/mol. The molecule has 1 heterocycles. The Balaban J connectivity index is 2.23. The minimum atomic E-state index is 0.554. The molecule has 1 aromatic rings. The maximum absolute atomic E-state index is 8.10. The number of hydrogen-bond acceptors (Lipinski definition) is 3. The summed E-state index contributed by atoms with van der Waals surface area (Å²) in [4.78, 5) is 4.85. The van der Waals surface area contributed by atoms with Gasteiger partial charge in [-0.15, -0.1) is 0 Å². The van der Waals surface area contributed by atoms with Gasteiger partial charge in [-0.25, -0.2) is 0 Å². The van der Waals surface area contributed by atoms with Crippen LogP contribution < -0.4 is 0 Å². The van der Waals surface area contributed by atoms with Gasteiger partial charge >= 0.3 is 0 Å². The molecule has 5 heteroatoms. The van der Waals surface area contributed by atoms with E-state index in [9.17, 15) is 0 Å². The van der Waals surface area contributed by atoms with Crippen molar-refractivity contribution >= 4 is 0 Å². The van der Waals surface area contributed by atoms with Crippen molar-refractivity contribution in [1.82, 2.24) is 4.90 Å². The van der Waals surface area contributed by atoms with Gasteiger partial charge in [0.15, 0.2) is 0 Å². The molecule has 0 aliphatic carbocycles. The second kappa shape index (κ2) is 6.11. The summed E-state index contributed by atoms with van der Waals surface area (Å²) in [7, 11) is 2.02. The third-order valence-corrected chi connectivity index (χ3v) is 2.08. The lowest BCUT2D eigenvalue weighted by molar-refractivity contribution is 0.290. The molecule has 0 aliphatic heterocycles. The highest BCUT2D eigenvalue weighted by molar-refractivity contribution is 5.05. The van der Waals surface area contributed by atoms with E-state index in [2.05, 4.69) is 14.9 Å². The summed E-state index contributed by atoms with van der Waals surface area (Å²) in [5.41, 5.74) is 8.10. The molecule has 1 rings (SSSR count). The van der Waals surface area contributed by atoms with Crippen LogP contribution in [-0.4, -0.2) is 25.0 Å². The fourth-order valence-electron chi connectivity index (χ4n) is 1.37. The zero-order valence-corrected chi connectivity index (χ0v) is 9.18. The lowest BCUT2D eigenvalue weighted by atomic mass is 10.3. The van der Waals surface area contributed by atoms with Gasteiger partial charge in [0.05, 0.1) is 6.54 Å². The highest BCUT2D eigenvalue weighted by Crippen LogP contribution is 2.08. The van der Waals surface area contributed by atoms with Crippen LogP contribution >= 0.6 is 0 Å². The second-order valence-corrected chi connectivity index (χ2v) is 3.56. The molecule has 1 aromatic heterocycles. The van der Waals surface area contributed by atoms with E-state index in [1.807, 2.05) is 26.1 Å².